The van der Waals surface area contributed by atoms with E-state index >= 15 is 0 Å². The van der Waals surface area contributed by atoms with Gasteiger partial charge < -0.3 is 15.3 Å². The molecule has 0 aliphatic heterocycles. The van der Waals surface area contributed by atoms with Crippen LogP contribution in [0.4, 0.5) is 11.6 Å². The highest BCUT2D eigenvalue weighted by Crippen LogP contribution is 2.16. The van der Waals surface area contributed by atoms with Crippen LogP contribution in [-0.2, 0) is 7.05 Å². The summed E-state index contributed by atoms with van der Waals surface area (Å²) in [6, 6.07) is 6.27. The van der Waals surface area contributed by atoms with Crippen LogP contribution < -0.4 is 0 Å². The summed E-state index contributed by atoms with van der Waals surface area (Å²) in [5.74, 6) is -0.323. The topological polar surface area (TPSA) is 87.0 Å². The molecule has 0 aliphatic carbocycles. The summed E-state index contributed by atoms with van der Waals surface area (Å²) >= 11 is 5.72. The Balaban J connectivity index is 2.35. The Kier molecular flexibility index (Phi) is 3.48. The van der Waals surface area contributed by atoms with Gasteiger partial charge in [0.05, 0.1) is 7.05 Å². The fourth-order valence-corrected chi connectivity index (χ4v) is 1.61. The fourth-order valence-electron chi connectivity index (χ4n) is 1.48. The van der Waals surface area contributed by atoms with Crippen LogP contribution in [0.3, 0.4) is 0 Å². The Morgan fingerprint density at radius 3 is 2.47 bits per heavy atom. The first-order valence-corrected chi connectivity index (χ1v) is 5.60. The first-order valence-electron chi connectivity index (χ1n) is 5.22. The van der Waals surface area contributed by atoms with Crippen LogP contribution >= 0.6 is 11.6 Å². The zero-order chi connectivity index (χ0) is 14.0. The van der Waals surface area contributed by atoms with Gasteiger partial charge in [0.1, 0.15) is 0 Å². The van der Waals surface area contributed by atoms with Crippen molar-refractivity contribution in [2.45, 2.75) is 0 Å². The van der Waals surface area contributed by atoms with Crippen molar-refractivity contribution in [1.29, 1.82) is 0 Å². The van der Waals surface area contributed by atoms with Gasteiger partial charge in [0.15, 0.2) is 6.20 Å². The van der Waals surface area contributed by atoms with Crippen LogP contribution in [-0.4, -0.2) is 25.4 Å². The number of imidazole rings is 1. The molecule has 0 aliphatic rings. The van der Waals surface area contributed by atoms with Crippen molar-refractivity contribution in [2.24, 2.45) is 7.05 Å². The van der Waals surface area contributed by atoms with E-state index in [1.807, 2.05) is 0 Å². The minimum absolute atomic E-state index is 0.323. The van der Waals surface area contributed by atoms with Crippen molar-refractivity contribution in [2.75, 3.05) is 0 Å². The Morgan fingerprint density at radius 1 is 1.32 bits per heavy atom. The van der Waals surface area contributed by atoms with Gasteiger partial charge in [-0.3, -0.25) is 0 Å². The summed E-state index contributed by atoms with van der Waals surface area (Å²) in [4.78, 5) is 13.6. The Bertz CT molecular complexity index is 648. The summed E-state index contributed by atoms with van der Waals surface area (Å²) in [6.07, 6.45) is 2.47. The van der Waals surface area contributed by atoms with Crippen LogP contribution in [0, 0.1) is 15.3 Å². The summed E-state index contributed by atoms with van der Waals surface area (Å²) in [5, 5.41) is 23.0. The van der Waals surface area contributed by atoms with E-state index in [2.05, 4.69) is 4.98 Å². The first-order chi connectivity index (χ1) is 8.99. The Labute approximate surface area is 113 Å². The second-order valence-electron chi connectivity index (χ2n) is 3.73. The molecule has 7 nitrogen and oxygen atoms in total. The molecule has 2 aromatic rings. The zero-order valence-electron chi connectivity index (χ0n) is 9.86. The van der Waals surface area contributed by atoms with Gasteiger partial charge in [0.2, 0.25) is 17.6 Å². The number of rotatable bonds is 3. The van der Waals surface area contributed by atoms with E-state index in [0.29, 0.717) is 21.1 Å². The maximum absolute atomic E-state index is 11.9. The molecule has 0 saturated heterocycles. The third-order valence-electron chi connectivity index (χ3n) is 2.49. The summed E-state index contributed by atoms with van der Waals surface area (Å²) < 4.78 is 1.82. The van der Waals surface area contributed by atoms with Crippen molar-refractivity contribution in [1.82, 2.24) is 9.55 Å². The van der Waals surface area contributed by atoms with Crippen LogP contribution in [0.25, 0.3) is 0 Å². The number of benzene rings is 1. The smallest absolute Gasteiger partial charge is 0.435 e. The predicted octanol–water partition coefficient (Wildman–Crippen LogP) is 2.24. The van der Waals surface area contributed by atoms with Crippen LogP contribution in [0.1, 0.15) is 5.69 Å². The SMILES string of the molecule is Cn1c(C=[N+]([O-])c2ccc(Cl)cc2)cnc1[N+](=O)[O-]. The minimum Gasteiger partial charge on any atom is -0.618 e. The molecule has 1 aromatic heterocycles. The third-order valence-corrected chi connectivity index (χ3v) is 2.75. The lowest BCUT2D eigenvalue weighted by molar-refractivity contribution is -0.396. The average Bonchev–Trinajstić information content (AvgIpc) is 2.72. The first kappa shape index (κ1) is 13.0. The van der Waals surface area contributed by atoms with E-state index in [9.17, 15) is 15.3 Å². The monoisotopic (exact) mass is 280 g/mol. The largest absolute Gasteiger partial charge is 0.618 e. The highest BCUT2D eigenvalue weighted by atomic mass is 35.5. The standard InChI is InChI=1S/C11H9ClN4O3/c1-14-10(6-13-11(14)16(18)19)7-15(17)9-4-2-8(12)3-5-9/h2-7H,1H3. The van der Waals surface area contributed by atoms with Crippen molar-refractivity contribution < 1.29 is 9.66 Å². The van der Waals surface area contributed by atoms with Crippen LogP contribution in [0.2, 0.25) is 5.02 Å². The summed E-state index contributed by atoms with van der Waals surface area (Å²) in [7, 11) is 1.46. The predicted molar refractivity (Wildman–Crippen MR) is 69.8 cm³/mol. The van der Waals surface area contributed by atoms with Gasteiger partial charge in [-0.15, -0.1) is 0 Å². The Hall–Kier alpha value is -2.41. The van der Waals surface area contributed by atoms with Crippen molar-refractivity contribution in [3.8, 4) is 0 Å². The Morgan fingerprint density at radius 2 is 1.95 bits per heavy atom. The molecule has 0 spiro atoms. The molecule has 2 rings (SSSR count). The normalized spacial score (nSPS) is 11.6. The average molecular weight is 281 g/mol. The van der Waals surface area contributed by atoms with E-state index in [-0.39, 0.29) is 5.95 Å². The lowest BCUT2D eigenvalue weighted by Gasteiger charge is -2.02. The number of hydrogen-bond donors (Lipinski definition) is 0. The molecule has 8 heteroatoms. The third kappa shape index (κ3) is 2.71. The van der Waals surface area contributed by atoms with Crippen molar-refractivity contribution in [3.63, 3.8) is 0 Å². The van der Waals surface area contributed by atoms with E-state index in [1.165, 1.54) is 24.0 Å². The molecule has 0 unspecified atom stereocenters. The highest BCUT2D eigenvalue weighted by molar-refractivity contribution is 6.30. The van der Waals surface area contributed by atoms with Gasteiger partial charge in [-0.25, -0.2) is 4.57 Å². The van der Waals surface area contributed by atoms with Gasteiger partial charge in [0.25, 0.3) is 0 Å². The molecule has 19 heavy (non-hydrogen) atoms. The van der Waals surface area contributed by atoms with E-state index in [4.69, 9.17) is 11.6 Å². The molecule has 1 aromatic carbocycles. The van der Waals surface area contributed by atoms with Crippen LogP contribution in [0.15, 0.2) is 30.5 Å². The second-order valence-corrected chi connectivity index (χ2v) is 4.17. The molecular weight excluding hydrogens is 272 g/mol. The molecule has 0 bridgehead atoms. The fraction of sp³-hybridized carbons (Fsp3) is 0.0909. The lowest BCUT2D eigenvalue weighted by atomic mass is 10.3. The number of nitrogens with zero attached hydrogens (tertiary/aromatic N) is 4. The molecule has 0 radical (unpaired) electrons. The summed E-state index contributed by atoms with van der Waals surface area (Å²) in [6.45, 7) is 0. The van der Waals surface area contributed by atoms with Gasteiger partial charge in [-0.2, -0.15) is 4.74 Å². The maximum Gasteiger partial charge on any atom is 0.435 e. The van der Waals surface area contributed by atoms with E-state index in [0.717, 1.165) is 0 Å². The summed E-state index contributed by atoms with van der Waals surface area (Å²) in [5.41, 5.74) is 0.699. The molecule has 0 amide bonds. The zero-order valence-corrected chi connectivity index (χ0v) is 10.6. The van der Waals surface area contributed by atoms with Crippen molar-refractivity contribution in [3.05, 3.63) is 56.5 Å². The highest BCUT2D eigenvalue weighted by Gasteiger charge is 2.18. The molecule has 0 N–H and O–H groups in total. The van der Waals surface area contributed by atoms with Crippen molar-refractivity contribution >= 4 is 29.5 Å². The van der Waals surface area contributed by atoms with Gasteiger partial charge >= 0.3 is 5.95 Å². The van der Waals surface area contributed by atoms with Gasteiger partial charge in [-0.1, -0.05) is 16.6 Å². The molecule has 98 valence electrons. The molecule has 0 atom stereocenters. The number of halogens is 1. The second kappa shape index (κ2) is 5.07. The molecule has 0 saturated carbocycles. The molecule has 0 fully saturated rings. The minimum atomic E-state index is -0.616. The van der Waals surface area contributed by atoms with Gasteiger partial charge in [-0.05, 0) is 17.1 Å². The number of aromatic nitrogens is 2. The van der Waals surface area contributed by atoms with E-state index in [1.54, 1.807) is 24.3 Å². The quantitative estimate of drug-likeness (QED) is 0.284. The maximum atomic E-state index is 11.9. The van der Waals surface area contributed by atoms with E-state index < -0.39 is 4.92 Å². The lowest BCUT2D eigenvalue weighted by Crippen LogP contribution is -2.05. The van der Waals surface area contributed by atoms with Crippen LogP contribution in [0.5, 0.6) is 0 Å². The number of hydrogen-bond acceptors (Lipinski definition) is 4. The number of nitro groups is 1. The molecule has 1 heterocycles. The molecular formula is C11H9ClN4O3. The van der Waals surface area contributed by atoms with Gasteiger partial charge in [0, 0.05) is 17.2 Å².